The molecule has 104 valence electrons. The number of nitrogens with one attached hydrogen (secondary N) is 1. The predicted molar refractivity (Wildman–Crippen MR) is 71.4 cm³/mol. The highest BCUT2D eigenvalue weighted by Gasteiger charge is 2.14. The summed E-state index contributed by atoms with van der Waals surface area (Å²) in [6.45, 7) is -0.317. The molecule has 0 aliphatic carbocycles. The third kappa shape index (κ3) is 5.46. The van der Waals surface area contributed by atoms with Crippen molar-refractivity contribution < 1.29 is 19.8 Å². The van der Waals surface area contributed by atoms with Crippen LogP contribution in [0.4, 0.5) is 0 Å². The van der Waals surface area contributed by atoms with Crippen molar-refractivity contribution in [1.29, 1.82) is 0 Å². The molecule has 0 aliphatic rings. The van der Waals surface area contributed by atoms with E-state index in [4.69, 9.17) is 33.4 Å². The monoisotopic (exact) mass is 305 g/mol. The smallest absolute Gasteiger partial charge is 0.334 e. The topological polar surface area (TPSA) is 86.6 Å². The third-order valence-corrected chi connectivity index (χ3v) is 3.00. The van der Waals surface area contributed by atoms with Gasteiger partial charge in [0.15, 0.2) is 6.10 Å². The van der Waals surface area contributed by atoms with Gasteiger partial charge in [0.1, 0.15) is 0 Å². The molecule has 0 heterocycles. The van der Waals surface area contributed by atoms with Gasteiger partial charge in [-0.3, -0.25) is 4.79 Å². The Morgan fingerprint density at radius 1 is 1.32 bits per heavy atom. The number of carbonyl (C=O) groups excluding carboxylic acids is 1. The zero-order chi connectivity index (χ0) is 14.4. The number of aryl methyl sites for hydroxylation is 1. The number of carboxylic acid groups (broad SMARTS) is 1. The van der Waals surface area contributed by atoms with E-state index in [0.717, 1.165) is 5.56 Å². The number of aliphatic hydroxyl groups is 1. The molecule has 7 heteroatoms. The fourth-order valence-electron chi connectivity index (χ4n) is 1.36. The highest BCUT2D eigenvalue weighted by Crippen LogP contribution is 2.21. The van der Waals surface area contributed by atoms with Crippen molar-refractivity contribution in [1.82, 2.24) is 5.32 Å². The van der Waals surface area contributed by atoms with Crippen molar-refractivity contribution in [2.24, 2.45) is 0 Å². The van der Waals surface area contributed by atoms with Crippen molar-refractivity contribution in [3.63, 3.8) is 0 Å². The maximum Gasteiger partial charge on any atom is 0.334 e. The number of amides is 1. The third-order valence-electron chi connectivity index (χ3n) is 2.41. The van der Waals surface area contributed by atoms with Gasteiger partial charge in [-0.25, -0.2) is 4.79 Å². The van der Waals surface area contributed by atoms with Crippen LogP contribution in [-0.4, -0.2) is 34.7 Å². The Labute approximate surface area is 120 Å². The first-order valence-corrected chi connectivity index (χ1v) is 6.27. The molecular weight excluding hydrogens is 293 g/mol. The van der Waals surface area contributed by atoms with Crippen molar-refractivity contribution in [3.8, 4) is 0 Å². The number of aliphatic carboxylic acids is 1. The maximum absolute atomic E-state index is 11.4. The Kier molecular flexibility index (Phi) is 6.08. The zero-order valence-electron chi connectivity index (χ0n) is 9.90. The van der Waals surface area contributed by atoms with Crippen LogP contribution in [0.15, 0.2) is 18.2 Å². The standard InChI is InChI=1S/C12H13Cl2NO4/c13-8-3-1-7(9(14)5-8)2-4-11(17)15-6-10(16)12(18)19/h1,3,5,10,16H,2,4,6H2,(H,15,17)(H,18,19). The molecule has 1 aromatic rings. The second-order valence-electron chi connectivity index (χ2n) is 3.89. The average molecular weight is 306 g/mol. The highest BCUT2D eigenvalue weighted by atomic mass is 35.5. The van der Waals surface area contributed by atoms with Crippen LogP contribution in [0.25, 0.3) is 0 Å². The number of halogens is 2. The van der Waals surface area contributed by atoms with Crippen LogP contribution in [0, 0.1) is 0 Å². The second kappa shape index (κ2) is 7.33. The molecule has 1 unspecified atom stereocenters. The van der Waals surface area contributed by atoms with Gasteiger partial charge in [0.25, 0.3) is 0 Å². The molecule has 0 bridgehead atoms. The van der Waals surface area contributed by atoms with E-state index in [1.807, 2.05) is 0 Å². The summed E-state index contributed by atoms with van der Waals surface area (Å²) in [7, 11) is 0. The summed E-state index contributed by atoms with van der Waals surface area (Å²) in [5, 5.41) is 20.7. The lowest BCUT2D eigenvalue weighted by atomic mass is 10.1. The molecule has 0 aromatic heterocycles. The van der Waals surface area contributed by atoms with Crippen LogP contribution in [0.5, 0.6) is 0 Å². The number of carboxylic acids is 1. The van der Waals surface area contributed by atoms with Crippen LogP contribution >= 0.6 is 23.2 Å². The Morgan fingerprint density at radius 2 is 2.00 bits per heavy atom. The van der Waals surface area contributed by atoms with Gasteiger partial charge in [0.2, 0.25) is 5.91 Å². The van der Waals surface area contributed by atoms with Gasteiger partial charge in [-0.05, 0) is 24.1 Å². The summed E-state index contributed by atoms with van der Waals surface area (Å²) < 4.78 is 0. The molecule has 5 nitrogen and oxygen atoms in total. The predicted octanol–water partition coefficient (Wildman–Crippen LogP) is 1.49. The molecule has 0 aliphatic heterocycles. The van der Waals surface area contributed by atoms with Crippen LogP contribution in [-0.2, 0) is 16.0 Å². The number of hydrogen-bond acceptors (Lipinski definition) is 3. The molecule has 0 saturated carbocycles. The number of carbonyl (C=O) groups is 2. The molecule has 1 atom stereocenters. The number of rotatable bonds is 6. The first kappa shape index (κ1) is 15.8. The summed E-state index contributed by atoms with van der Waals surface area (Å²) >= 11 is 11.7. The summed E-state index contributed by atoms with van der Waals surface area (Å²) in [5.74, 6) is -1.73. The first-order valence-electron chi connectivity index (χ1n) is 5.51. The quantitative estimate of drug-likeness (QED) is 0.743. The second-order valence-corrected chi connectivity index (χ2v) is 4.74. The Hall–Kier alpha value is -1.30. The van der Waals surface area contributed by atoms with Crippen LogP contribution in [0.2, 0.25) is 10.0 Å². The van der Waals surface area contributed by atoms with Crippen molar-refractivity contribution in [2.75, 3.05) is 6.54 Å². The molecule has 0 fully saturated rings. The first-order chi connectivity index (χ1) is 8.90. The van der Waals surface area contributed by atoms with Crippen LogP contribution < -0.4 is 5.32 Å². The number of aliphatic hydroxyl groups excluding tert-OH is 1. The fourth-order valence-corrected chi connectivity index (χ4v) is 1.86. The minimum Gasteiger partial charge on any atom is -0.479 e. The fraction of sp³-hybridized carbons (Fsp3) is 0.333. The molecular formula is C12H13Cl2NO4. The zero-order valence-corrected chi connectivity index (χ0v) is 11.4. The molecule has 3 N–H and O–H groups in total. The van der Waals surface area contributed by atoms with E-state index < -0.39 is 12.1 Å². The van der Waals surface area contributed by atoms with E-state index in [1.165, 1.54) is 0 Å². The van der Waals surface area contributed by atoms with E-state index in [-0.39, 0.29) is 18.9 Å². The van der Waals surface area contributed by atoms with Crippen molar-refractivity contribution in [3.05, 3.63) is 33.8 Å². The number of benzene rings is 1. The van der Waals surface area contributed by atoms with Gasteiger partial charge in [-0.15, -0.1) is 0 Å². The SMILES string of the molecule is O=C(CCc1ccc(Cl)cc1Cl)NCC(O)C(=O)O. The van der Waals surface area contributed by atoms with E-state index in [1.54, 1.807) is 18.2 Å². The van der Waals surface area contributed by atoms with Crippen LogP contribution in [0.3, 0.4) is 0 Å². The molecule has 1 rings (SSSR count). The lowest BCUT2D eigenvalue weighted by Gasteiger charge is -2.08. The van der Waals surface area contributed by atoms with Gasteiger partial charge in [-0.2, -0.15) is 0 Å². The van der Waals surface area contributed by atoms with E-state index >= 15 is 0 Å². The van der Waals surface area contributed by atoms with E-state index in [9.17, 15) is 9.59 Å². The molecule has 1 aromatic carbocycles. The van der Waals surface area contributed by atoms with Gasteiger partial charge < -0.3 is 15.5 Å². The summed E-state index contributed by atoms with van der Waals surface area (Å²) in [4.78, 5) is 21.8. The Bertz CT molecular complexity index is 479. The summed E-state index contributed by atoms with van der Waals surface area (Å²) in [6, 6.07) is 4.99. The van der Waals surface area contributed by atoms with Gasteiger partial charge >= 0.3 is 5.97 Å². The van der Waals surface area contributed by atoms with Crippen molar-refractivity contribution in [2.45, 2.75) is 18.9 Å². The normalized spacial score (nSPS) is 11.9. The lowest BCUT2D eigenvalue weighted by molar-refractivity contribution is -0.146. The largest absolute Gasteiger partial charge is 0.479 e. The highest BCUT2D eigenvalue weighted by molar-refractivity contribution is 6.35. The minimum atomic E-state index is -1.59. The molecule has 1 amide bonds. The summed E-state index contributed by atoms with van der Waals surface area (Å²) in [6.07, 6.45) is -1.04. The van der Waals surface area contributed by atoms with Gasteiger partial charge in [-0.1, -0.05) is 29.3 Å². The van der Waals surface area contributed by atoms with E-state index in [0.29, 0.717) is 16.5 Å². The molecule has 19 heavy (non-hydrogen) atoms. The molecule has 0 radical (unpaired) electrons. The van der Waals surface area contributed by atoms with E-state index in [2.05, 4.69) is 5.32 Å². The molecule has 0 saturated heterocycles. The van der Waals surface area contributed by atoms with Gasteiger partial charge in [0, 0.05) is 16.5 Å². The van der Waals surface area contributed by atoms with Crippen LogP contribution in [0.1, 0.15) is 12.0 Å². The number of hydrogen-bond donors (Lipinski definition) is 3. The Morgan fingerprint density at radius 3 is 2.58 bits per heavy atom. The minimum absolute atomic E-state index is 0.147. The lowest BCUT2D eigenvalue weighted by Crippen LogP contribution is -2.36. The van der Waals surface area contributed by atoms with Crippen molar-refractivity contribution >= 4 is 35.1 Å². The average Bonchev–Trinajstić information content (AvgIpc) is 2.34. The Balaban J connectivity index is 2.40. The molecule has 0 spiro atoms. The maximum atomic E-state index is 11.4. The van der Waals surface area contributed by atoms with Gasteiger partial charge in [0.05, 0.1) is 6.54 Å². The summed E-state index contributed by atoms with van der Waals surface area (Å²) in [5.41, 5.74) is 0.778.